The molecule has 0 saturated heterocycles. The van der Waals surface area contributed by atoms with Gasteiger partial charge in [-0.2, -0.15) is 0 Å². The van der Waals surface area contributed by atoms with Crippen molar-refractivity contribution in [2.75, 3.05) is 5.32 Å². The molecule has 0 radical (unpaired) electrons. The van der Waals surface area contributed by atoms with E-state index in [1.165, 1.54) is 12.1 Å². The normalized spacial score (nSPS) is 14.7. The minimum absolute atomic E-state index is 0.0300. The lowest BCUT2D eigenvalue weighted by molar-refractivity contribution is -0.134. The lowest BCUT2D eigenvalue weighted by atomic mass is 10.0. The maximum atomic E-state index is 13.6. The van der Waals surface area contributed by atoms with Crippen LogP contribution >= 0.6 is 23.2 Å². The van der Waals surface area contributed by atoms with Gasteiger partial charge in [0, 0.05) is 17.1 Å². The van der Waals surface area contributed by atoms with Crippen molar-refractivity contribution in [2.24, 2.45) is 5.41 Å². The SMILES string of the molecule is O=C(NCc1ccccc1F)C1(C(=O)Nc2ccc(Cl)cc2Cl)CC1. The van der Waals surface area contributed by atoms with Crippen molar-refractivity contribution in [1.29, 1.82) is 0 Å². The van der Waals surface area contributed by atoms with E-state index in [0.717, 1.165) is 0 Å². The average Bonchev–Trinajstić information content (AvgIpc) is 3.38. The predicted molar refractivity (Wildman–Crippen MR) is 95.0 cm³/mol. The van der Waals surface area contributed by atoms with Crippen LogP contribution in [-0.2, 0) is 16.1 Å². The summed E-state index contributed by atoms with van der Waals surface area (Å²) in [6, 6.07) is 10.9. The van der Waals surface area contributed by atoms with E-state index in [2.05, 4.69) is 10.6 Å². The van der Waals surface area contributed by atoms with Crippen molar-refractivity contribution in [3.63, 3.8) is 0 Å². The van der Waals surface area contributed by atoms with Crippen LogP contribution in [0.3, 0.4) is 0 Å². The Morgan fingerprint density at radius 1 is 1.08 bits per heavy atom. The number of rotatable bonds is 5. The monoisotopic (exact) mass is 380 g/mol. The summed E-state index contributed by atoms with van der Waals surface area (Å²) in [4.78, 5) is 25.0. The Morgan fingerprint density at radius 3 is 2.44 bits per heavy atom. The van der Waals surface area contributed by atoms with Crippen molar-refractivity contribution in [3.8, 4) is 0 Å². The minimum atomic E-state index is -1.13. The fraction of sp³-hybridized carbons (Fsp3) is 0.222. The Balaban J connectivity index is 1.65. The number of carbonyl (C=O) groups is 2. The van der Waals surface area contributed by atoms with Gasteiger partial charge in [0.1, 0.15) is 11.2 Å². The second-order valence-electron chi connectivity index (χ2n) is 5.93. The number of halogens is 3. The molecule has 25 heavy (non-hydrogen) atoms. The van der Waals surface area contributed by atoms with Crippen LogP contribution in [0.25, 0.3) is 0 Å². The molecule has 130 valence electrons. The molecule has 0 heterocycles. The number of anilines is 1. The molecule has 0 spiro atoms. The van der Waals surface area contributed by atoms with Crippen LogP contribution in [0.15, 0.2) is 42.5 Å². The van der Waals surface area contributed by atoms with E-state index in [4.69, 9.17) is 23.2 Å². The molecule has 0 aromatic heterocycles. The highest BCUT2D eigenvalue weighted by molar-refractivity contribution is 6.36. The Kier molecular flexibility index (Phi) is 4.97. The van der Waals surface area contributed by atoms with Crippen molar-refractivity contribution in [1.82, 2.24) is 5.32 Å². The first-order valence-corrected chi connectivity index (χ1v) is 8.46. The highest BCUT2D eigenvalue weighted by Gasteiger charge is 2.56. The lowest BCUT2D eigenvalue weighted by Crippen LogP contribution is -2.39. The van der Waals surface area contributed by atoms with Gasteiger partial charge in [0.25, 0.3) is 0 Å². The number of hydrogen-bond donors (Lipinski definition) is 2. The zero-order chi connectivity index (χ0) is 18.0. The van der Waals surface area contributed by atoms with E-state index in [1.54, 1.807) is 30.3 Å². The van der Waals surface area contributed by atoms with E-state index >= 15 is 0 Å². The smallest absolute Gasteiger partial charge is 0.240 e. The van der Waals surface area contributed by atoms with E-state index in [-0.39, 0.29) is 6.54 Å². The summed E-state index contributed by atoms with van der Waals surface area (Å²) in [5.74, 6) is -1.24. The molecule has 1 saturated carbocycles. The molecule has 1 aliphatic rings. The third-order valence-corrected chi connectivity index (χ3v) is 4.74. The Hall–Kier alpha value is -2.11. The maximum Gasteiger partial charge on any atom is 0.240 e. The van der Waals surface area contributed by atoms with Gasteiger partial charge >= 0.3 is 0 Å². The molecule has 7 heteroatoms. The molecule has 4 nitrogen and oxygen atoms in total. The fourth-order valence-electron chi connectivity index (χ4n) is 2.50. The van der Waals surface area contributed by atoms with E-state index in [1.807, 2.05) is 0 Å². The third kappa shape index (κ3) is 3.78. The number of nitrogens with one attached hydrogen (secondary N) is 2. The van der Waals surface area contributed by atoms with Crippen molar-refractivity contribution in [3.05, 3.63) is 63.9 Å². The topological polar surface area (TPSA) is 58.2 Å². The summed E-state index contributed by atoms with van der Waals surface area (Å²) < 4.78 is 13.6. The van der Waals surface area contributed by atoms with Gasteiger partial charge in [-0.1, -0.05) is 41.4 Å². The highest BCUT2D eigenvalue weighted by atomic mass is 35.5. The molecular weight excluding hydrogens is 366 g/mol. The molecule has 2 amide bonds. The van der Waals surface area contributed by atoms with Crippen molar-refractivity contribution in [2.45, 2.75) is 19.4 Å². The molecule has 0 unspecified atom stereocenters. The number of amides is 2. The molecular formula is C18H15Cl2FN2O2. The summed E-state index contributed by atoms with van der Waals surface area (Å²) in [7, 11) is 0. The lowest BCUT2D eigenvalue weighted by Gasteiger charge is -2.16. The van der Waals surface area contributed by atoms with Crippen LogP contribution in [0, 0.1) is 11.2 Å². The van der Waals surface area contributed by atoms with Gasteiger partial charge in [0.2, 0.25) is 11.8 Å². The van der Waals surface area contributed by atoms with Crippen molar-refractivity contribution >= 4 is 40.7 Å². The molecule has 2 aromatic rings. The number of benzene rings is 2. The quantitative estimate of drug-likeness (QED) is 0.764. The third-order valence-electron chi connectivity index (χ3n) is 4.20. The van der Waals surface area contributed by atoms with Gasteiger partial charge in [-0.3, -0.25) is 9.59 Å². The van der Waals surface area contributed by atoms with Crippen LogP contribution < -0.4 is 10.6 Å². The molecule has 0 aliphatic heterocycles. The van der Waals surface area contributed by atoms with E-state index in [9.17, 15) is 14.0 Å². The molecule has 2 aromatic carbocycles. The standard InChI is InChI=1S/C18H15Cl2FN2O2/c19-12-5-6-15(13(20)9-12)23-17(25)18(7-8-18)16(24)22-10-11-3-1-2-4-14(11)21/h1-6,9H,7-8,10H2,(H,22,24)(H,23,25). The van der Waals surface area contributed by atoms with Gasteiger partial charge in [0.15, 0.2) is 0 Å². The van der Waals surface area contributed by atoms with Crippen molar-refractivity contribution < 1.29 is 14.0 Å². The van der Waals surface area contributed by atoms with Crippen LogP contribution in [0.1, 0.15) is 18.4 Å². The van der Waals surface area contributed by atoms with Gasteiger partial charge in [0.05, 0.1) is 10.7 Å². The number of carbonyl (C=O) groups excluding carboxylic acids is 2. The van der Waals surface area contributed by atoms with Gasteiger partial charge in [-0.15, -0.1) is 0 Å². The summed E-state index contributed by atoms with van der Waals surface area (Å²) in [6.07, 6.45) is 0.875. The van der Waals surface area contributed by atoms with Crippen LogP contribution in [0.2, 0.25) is 10.0 Å². The molecule has 0 atom stereocenters. The summed E-state index contributed by atoms with van der Waals surface area (Å²) in [6.45, 7) is 0.0300. The molecule has 1 fully saturated rings. The van der Waals surface area contributed by atoms with Gasteiger partial charge < -0.3 is 10.6 Å². The zero-order valence-corrected chi connectivity index (χ0v) is 14.6. The van der Waals surface area contributed by atoms with Crippen LogP contribution in [-0.4, -0.2) is 11.8 Å². The molecule has 1 aliphatic carbocycles. The largest absolute Gasteiger partial charge is 0.351 e. The zero-order valence-electron chi connectivity index (χ0n) is 13.1. The Labute approximate surface area is 154 Å². The first-order valence-electron chi connectivity index (χ1n) is 7.70. The summed E-state index contributed by atoms with van der Waals surface area (Å²) in [5.41, 5.74) is -0.370. The highest BCUT2D eigenvalue weighted by Crippen LogP contribution is 2.47. The first-order chi connectivity index (χ1) is 11.9. The molecule has 2 N–H and O–H groups in total. The average molecular weight is 381 g/mol. The fourth-order valence-corrected chi connectivity index (χ4v) is 2.96. The van der Waals surface area contributed by atoms with E-state index in [0.29, 0.717) is 34.1 Å². The maximum absolute atomic E-state index is 13.6. The molecule has 3 rings (SSSR count). The summed E-state index contributed by atoms with van der Waals surface area (Å²) >= 11 is 11.9. The Morgan fingerprint density at radius 2 is 1.80 bits per heavy atom. The van der Waals surface area contributed by atoms with Gasteiger partial charge in [-0.05, 0) is 37.1 Å². The predicted octanol–water partition coefficient (Wildman–Crippen LogP) is 4.17. The second-order valence-corrected chi connectivity index (χ2v) is 6.78. The number of hydrogen-bond acceptors (Lipinski definition) is 2. The summed E-state index contributed by atoms with van der Waals surface area (Å²) in [5, 5.41) is 6.05. The van der Waals surface area contributed by atoms with Crippen LogP contribution in [0.4, 0.5) is 10.1 Å². The molecule has 0 bridgehead atoms. The Bertz CT molecular complexity index is 838. The minimum Gasteiger partial charge on any atom is -0.351 e. The van der Waals surface area contributed by atoms with E-state index < -0.39 is 23.0 Å². The van der Waals surface area contributed by atoms with Crippen LogP contribution in [0.5, 0.6) is 0 Å². The second kappa shape index (κ2) is 7.02. The van der Waals surface area contributed by atoms with Gasteiger partial charge in [-0.25, -0.2) is 4.39 Å². The first kappa shape index (κ1) is 17.7.